The van der Waals surface area contributed by atoms with E-state index < -0.39 is 6.10 Å². The van der Waals surface area contributed by atoms with E-state index in [1.54, 1.807) is 13.1 Å². The number of aliphatic hydroxyl groups excluding tert-OH is 1. The van der Waals surface area contributed by atoms with E-state index in [2.05, 4.69) is 20.2 Å². The van der Waals surface area contributed by atoms with Crippen LogP contribution in [0.5, 0.6) is 0 Å². The van der Waals surface area contributed by atoms with Gasteiger partial charge in [-0.25, -0.2) is 9.97 Å². The van der Waals surface area contributed by atoms with E-state index in [0.717, 1.165) is 10.9 Å². The summed E-state index contributed by atoms with van der Waals surface area (Å²) in [6, 6.07) is 9.27. The van der Waals surface area contributed by atoms with Gasteiger partial charge < -0.3 is 10.0 Å². The lowest BCUT2D eigenvalue weighted by atomic mass is 10.1. The van der Waals surface area contributed by atoms with Crippen LogP contribution in [0.25, 0.3) is 22.4 Å². The summed E-state index contributed by atoms with van der Waals surface area (Å²) in [5.74, 6) is 1.21. The van der Waals surface area contributed by atoms with Gasteiger partial charge in [-0.3, -0.25) is 9.89 Å². The zero-order valence-electron chi connectivity index (χ0n) is 13.2. The molecule has 0 radical (unpaired) electrons. The number of aromatic nitrogens is 4. The Hall–Kier alpha value is -2.80. The summed E-state index contributed by atoms with van der Waals surface area (Å²) in [6.07, 6.45) is 1.52. The first-order valence-electron chi connectivity index (χ1n) is 7.85. The molecule has 0 spiro atoms. The SMILES string of the molecule is CC(=O)[C@@H]1C[C@@H](O)CN1c1nc(-c2ccccc2)nc2[nH]ncc12. The van der Waals surface area contributed by atoms with Gasteiger partial charge in [-0.05, 0) is 6.92 Å². The summed E-state index contributed by atoms with van der Waals surface area (Å²) in [5.41, 5.74) is 1.50. The van der Waals surface area contributed by atoms with Crippen LogP contribution in [0.3, 0.4) is 0 Å². The number of H-pyrrole nitrogens is 1. The fraction of sp³-hybridized carbons (Fsp3) is 0.294. The highest BCUT2D eigenvalue weighted by Gasteiger charge is 2.36. The number of hydrogen-bond acceptors (Lipinski definition) is 6. The Labute approximate surface area is 138 Å². The maximum absolute atomic E-state index is 12.0. The first-order chi connectivity index (χ1) is 11.6. The summed E-state index contributed by atoms with van der Waals surface area (Å²) < 4.78 is 0. The summed E-state index contributed by atoms with van der Waals surface area (Å²) in [6.45, 7) is 1.91. The molecule has 7 nitrogen and oxygen atoms in total. The van der Waals surface area contributed by atoms with Gasteiger partial charge in [-0.1, -0.05) is 30.3 Å². The fourth-order valence-electron chi connectivity index (χ4n) is 3.19. The van der Waals surface area contributed by atoms with Crippen molar-refractivity contribution in [3.05, 3.63) is 36.5 Å². The van der Waals surface area contributed by atoms with Crippen LogP contribution in [0.15, 0.2) is 36.5 Å². The van der Waals surface area contributed by atoms with Crippen molar-refractivity contribution < 1.29 is 9.90 Å². The highest BCUT2D eigenvalue weighted by Crippen LogP contribution is 2.31. The van der Waals surface area contributed by atoms with Gasteiger partial charge in [-0.2, -0.15) is 5.10 Å². The maximum atomic E-state index is 12.0. The average molecular weight is 323 g/mol. The Kier molecular flexibility index (Phi) is 3.50. The van der Waals surface area contributed by atoms with Crippen molar-refractivity contribution in [1.29, 1.82) is 0 Å². The van der Waals surface area contributed by atoms with Crippen LogP contribution in [0.1, 0.15) is 13.3 Å². The average Bonchev–Trinajstić information content (AvgIpc) is 3.21. The molecule has 2 aromatic heterocycles. The molecule has 0 amide bonds. The smallest absolute Gasteiger partial charge is 0.163 e. The highest BCUT2D eigenvalue weighted by molar-refractivity contribution is 5.92. The van der Waals surface area contributed by atoms with Crippen molar-refractivity contribution >= 4 is 22.6 Å². The van der Waals surface area contributed by atoms with Crippen molar-refractivity contribution in [2.75, 3.05) is 11.4 Å². The Balaban J connectivity index is 1.88. The number of aliphatic hydroxyl groups is 1. The van der Waals surface area contributed by atoms with Crippen LogP contribution in [0.4, 0.5) is 5.82 Å². The van der Waals surface area contributed by atoms with Crippen LogP contribution in [0.2, 0.25) is 0 Å². The minimum Gasteiger partial charge on any atom is -0.391 e. The topological polar surface area (TPSA) is 95.0 Å². The van der Waals surface area contributed by atoms with Crippen LogP contribution in [-0.2, 0) is 4.79 Å². The number of β-amino-alcohol motifs (C(OH)–C–C–N with tert-alkyl or cyclic N) is 1. The third-order valence-corrected chi connectivity index (χ3v) is 4.34. The van der Waals surface area contributed by atoms with E-state index in [0.29, 0.717) is 30.3 Å². The lowest BCUT2D eigenvalue weighted by molar-refractivity contribution is -0.118. The molecule has 2 atom stereocenters. The quantitative estimate of drug-likeness (QED) is 0.759. The van der Waals surface area contributed by atoms with Crippen molar-refractivity contribution in [2.24, 2.45) is 0 Å². The lowest BCUT2D eigenvalue weighted by Crippen LogP contribution is -2.35. The molecule has 24 heavy (non-hydrogen) atoms. The van der Waals surface area contributed by atoms with Gasteiger partial charge in [0.05, 0.1) is 23.7 Å². The molecule has 1 aliphatic heterocycles. The van der Waals surface area contributed by atoms with E-state index in [-0.39, 0.29) is 11.8 Å². The largest absolute Gasteiger partial charge is 0.391 e. The zero-order chi connectivity index (χ0) is 16.7. The fourth-order valence-corrected chi connectivity index (χ4v) is 3.19. The van der Waals surface area contributed by atoms with Gasteiger partial charge in [0.1, 0.15) is 5.82 Å². The van der Waals surface area contributed by atoms with Crippen LogP contribution in [-0.4, -0.2) is 49.7 Å². The molecule has 3 heterocycles. The van der Waals surface area contributed by atoms with Crippen LogP contribution < -0.4 is 4.90 Å². The Morgan fingerprint density at radius 3 is 2.83 bits per heavy atom. The molecule has 4 rings (SSSR count). The number of nitrogens with zero attached hydrogens (tertiary/aromatic N) is 4. The van der Waals surface area contributed by atoms with Crippen LogP contribution in [0, 0.1) is 0 Å². The summed E-state index contributed by atoms with van der Waals surface area (Å²) >= 11 is 0. The number of rotatable bonds is 3. The molecule has 3 aromatic rings. The van der Waals surface area contributed by atoms with Crippen molar-refractivity contribution in [3.8, 4) is 11.4 Å². The lowest BCUT2D eigenvalue weighted by Gasteiger charge is -2.24. The Morgan fingerprint density at radius 2 is 2.08 bits per heavy atom. The monoisotopic (exact) mass is 323 g/mol. The van der Waals surface area contributed by atoms with E-state index in [4.69, 9.17) is 0 Å². The number of fused-ring (bicyclic) bond motifs is 1. The number of carbonyl (C=O) groups excluding carboxylic acids is 1. The third-order valence-electron chi connectivity index (χ3n) is 4.34. The van der Waals surface area contributed by atoms with Crippen molar-refractivity contribution in [2.45, 2.75) is 25.5 Å². The summed E-state index contributed by atoms with van der Waals surface area (Å²) in [7, 11) is 0. The predicted octanol–water partition coefficient (Wildman–Crippen LogP) is 1.55. The molecule has 1 aromatic carbocycles. The second-order valence-corrected chi connectivity index (χ2v) is 6.04. The van der Waals surface area contributed by atoms with E-state index in [1.165, 1.54) is 0 Å². The Morgan fingerprint density at radius 1 is 1.29 bits per heavy atom. The normalized spacial score (nSPS) is 20.7. The number of benzene rings is 1. The molecule has 122 valence electrons. The highest BCUT2D eigenvalue weighted by atomic mass is 16.3. The predicted molar refractivity (Wildman–Crippen MR) is 89.6 cm³/mol. The van der Waals surface area contributed by atoms with Gasteiger partial charge in [0, 0.05) is 18.5 Å². The molecule has 0 unspecified atom stereocenters. The van der Waals surface area contributed by atoms with Gasteiger partial charge in [0.2, 0.25) is 0 Å². The molecule has 1 fully saturated rings. The second kappa shape index (κ2) is 5.68. The third kappa shape index (κ3) is 2.43. The number of nitrogens with one attached hydrogen (secondary N) is 1. The Bertz CT molecular complexity index is 892. The van der Waals surface area contributed by atoms with Gasteiger partial charge in [0.15, 0.2) is 17.3 Å². The van der Waals surface area contributed by atoms with Gasteiger partial charge >= 0.3 is 0 Å². The molecule has 1 aliphatic rings. The molecule has 7 heteroatoms. The molecule has 0 aliphatic carbocycles. The molecule has 0 saturated carbocycles. The van der Waals surface area contributed by atoms with Gasteiger partial charge in [-0.15, -0.1) is 0 Å². The maximum Gasteiger partial charge on any atom is 0.163 e. The number of hydrogen-bond donors (Lipinski definition) is 2. The second-order valence-electron chi connectivity index (χ2n) is 6.04. The van der Waals surface area contributed by atoms with E-state index >= 15 is 0 Å². The number of ketones is 1. The summed E-state index contributed by atoms with van der Waals surface area (Å²) in [4.78, 5) is 23.1. The number of Topliss-reactive ketones (excluding diaryl/α,β-unsaturated/α-hetero) is 1. The zero-order valence-corrected chi connectivity index (χ0v) is 13.2. The first kappa shape index (κ1) is 14.8. The number of aromatic amines is 1. The molecule has 2 N–H and O–H groups in total. The van der Waals surface area contributed by atoms with E-state index in [1.807, 2.05) is 35.2 Å². The standard InChI is InChI=1S/C17H17N5O2/c1-10(23)14-7-12(24)9-22(14)17-13-8-18-21-16(13)19-15(20-17)11-5-3-2-4-6-11/h2-6,8,12,14,24H,7,9H2,1H3,(H,18,19,20,21)/t12-,14+/m1/s1. The number of anilines is 1. The molecule has 0 bridgehead atoms. The van der Waals surface area contributed by atoms with Crippen molar-refractivity contribution in [1.82, 2.24) is 20.2 Å². The molecule has 1 saturated heterocycles. The van der Waals surface area contributed by atoms with Crippen molar-refractivity contribution in [3.63, 3.8) is 0 Å². The summed E-state index contributed by atoms with van der Waals surface area (Å²) in [5, 5.41) is 17.7. The molecular formula is C17H17N5O2. The molecular weight excluding hydrogens is 306 g/mol. The van der Waals surface area contributed by atoms with Gasteiger partial charge in [0.25, 0.3) is 0 Å². The number of carbonyl (C=O) groups is 1. The van der Waals surface area contributed by atoms with E-state index in [9.17, 15) is 9.90 Å². The minimum atomic E-state index is -0.545. The minimum absolute atomic E-state index is 0.0167. The first-order valence-corrected chi connectivity index (χ1v) is 7.85. The van der Waals surface area contributed by atoms with Crippen LogP contribution >= 0.6 is 0 Å².